The average Bonchev–Trinajstić information content (AvgIpc) is 3.04. The van der Waals surface area contributed by atoms with Gasteiger partial charge in [-0.2, -0.15) is 9.40 Å². The predicted molar refractivity (Wildman–Crippen MR) is 79.1 cm³/mol. The van der Waals surface area contributed by atoms with Gasteiger partial charge in [0.2, 0.25) is 0 Å². The Morgan fingerprint density at radius 3 is 2.85 bits per heavy atom. The van der Waals surface area contributed by atoms with Crippen molar-refractivity contribution < 1.29 is 8.42 Å². The number of aromatic amines is 1. The minimum Gasteiger partial charge on any atom is -0.326 e. The van der Waals surface area contributed by atoms with Gasteiger partial charge in [-0.1, -0.05) is 6.07 Å². The molecule has 0 atom stereocenters. The van der Waals surface area contributed by atoms with Crippen LogP contribution < -0.4 is 5.73 Å². The molecule has 6 nitrogen and oxygen atoms in total. The molecule has 0 aliphatic rings. The van der Waals surface area contributed by atoms with E-state index in [1.807, 2.05) is 17.5 Å². The van der Waals surface area contributed by atoms with E-state index in [0.717, 1.165) is 4.88 Å². The van der Waals surface area contributed by atoms with Crippen LogP contribution in [0.3, 0.4) is 0 Å². The zero-order valence-corrected chi connectivity index (χ0v) is 13.1. The smallest absolute Gasteiger partial charge is 0.262 e. The fourth-order valence-electron chi connectivity index (χ4n) is 1.87. The third-order valence-electron chi connectivity index (χ3n) is 3.15. The molecule has 2 heterocycles. The second-order valence-electron chi connectivity index (χ2n) is 4.49. The van der Waals surface area contributed by atoms with Crippen molar-refractivity contribution in [3.8, 4) is 0 Å². The van der Waals surface area contributed by atoms with Crippen LogP contribution in [0, 0.1) is 6.92 Å². The monoisotopic (exact) mass is 314 g/mol. The molecule has 0 unspecified atom stereocenters. The van der Waals surface area contributed by atoms with Gasteiger partial charge in [-0.15, -0.1) is 11.3 Å². The molecule has 0 amide bonds. The number of sulfonamides is 1. The average molecular weight is 314 g/mol. The van der Waals surface area contributed by atoms with E-state index in [4.69, 9.17) is 5.73 Å². The zero-order chi connectivity index (χ0) is 14.8. The molecule has 0 spiro atoms. The van der Waals surface area contributed by atoms with E-state index in [9.17, 15) is 8.42 Å². The minimum atomic E-state index is -3.60. The molecule has 0 aliphatic carbocycles. The van der Waals surface area contributed by atoms with Crippen LogP contribution in [0.4, 0.5) is 0 Å². The standard InChI is InChI=1S/C12H18N4O2S2/c1-9-11(8-13)12(15-14-9)20(17,18)16(2)6-5-10-4-3-7-19-10/h3-4,7H,5-6,8,13H2,1-2H3,(H,14,15). The van der Waals surface area contributed by atoms with Crippen molar-refractivity contribution in [2.45, 2.75) is 24.9 Å². The summed E-state index contributed by atoms with van der Waals surface area (Å²) in [5.41, 5.74) is 6.84. The lowest BCUT2D eigenvalue weighted by Gasteiger charge is -2.16. The fraction of sp³-hybridized carbons (Fsp3) is 0.417. The minimum absolute atomic E-state index is 0.0335. The molecule has 0 saturated heterocycles. The molecule has 2 rings (SSSR count). The van der Waals surface area contributed by atoms with Crippen molar-refractivity contribution in [1.29, 1.82) is 0 Å². The molecule has 2 aromatic rings. The molecular weight excluding hydrogens is 296 g/mol. The number of aromatic nitrogens is 2. The van der Waals surface area contributed by atoms with Crippen LogP contribution in [0.5, 0.6) is 0 Å². The van der Waals surface area contributed by atoms with Crippen molar-refractivity contribution in [3.63, 3.8) is 0 Å². The Morgan fingerprint density at radius 2 is 2.25 bits per heavy atom. The molecular formula is C12H18N4O2S2. The maximum Gasteiger partial charge on any atom is 0.262 e. The van der Waals surface area contributed by atoms with E-state index < -0.39 is 10.0 Å². The molecule has 20 heavy (non-hydrogen) atoms. The van der Waals surface area contributed by atoms with Crippen molar-refractivity contribution >= 4 is 21.4 Å². The first-order valence-electron chi connectivity index (χ1n) is 6.19. The third-order valence-corrected chi connectivity index (χ3v) is 5.91. The molecule has 0 fully saturated rings. The molecule has 0 bridgehead atoms. The third kappa shape index (κ3) is 2.93. The quantitative estimate of drug-likeness (QED) is 0.835. The van der Waals surface area contributed by atoms with Gasteiger partial charge in [-0.25, -0.2) is 8.42 Å². The lowest BCUT2D eigenvalue weighted by atomic mass is 10.3. The van der Waals surface area contributed by atoms with Gasteiger partial charge in [0.1, 0.15) is 0 Å². The highest BCUT2D eigenvalue weighted by Gasteiger charge is 2.27. The molecule has 8 heteroatoms. The number of hydrogen-bond acceptors (Lipinski definition) is 5. The number of hydrogen-bond donors (Lipinski definition) is 2. The van der Waals surface area contributed by atoms with E-state index in [-0.39, 0.29) is 11.6 Å². The molecule has 110 valence electrons. The molecule has 0 aromatic carbocycles. The number of aryl methyl sites for hydroxylation is 1. The first-order chi connectivity index (χ1) is 9.46. The van der Waals surface area contributed by atoms with Gasteiger partial charge in [-0.05, 0) is 24.8 Å². The lowest BCUT2D eigenvalue weighted by molar-refractivity contribution is 0.469. The van der Waals surface area contributed by atoms with Gasteiger partial charge in [0.25, 0.3) is 10.0 Å². The number of nitrogens with one attached hydrogen (secondary N) is 1. The Morgan fingerprint density at radius 1 is 1.50 bits per heavy atom. The van der Waals surface area contributed by atoms with E-state index in [2.05, 4.69) is 10.2 Å². The summed E-state index contributed by atoms with van der Waals surface area (Å²) in [7, 11) is -2.04. The van der Waals surface area contributed by atoms with E-state index in [0.29, 0.717) is 24.2 Å². The summed E-state index contributed by atoms with van der Waals surface area (Å²) in [6, 6.07) is 3.95. The Bertz CT molecular complexity index is 662. The summed E-state index contributed by atoms with van der Waals surface area (Å²) in [4.78, 5) is 1.16. The molecule has 0 aliphatic heterocycles. The first kappa shape index (κ1) is 15.2. The Labute approximate surface area is 122 Å². The number of nitrogens with zero attached hydrogens (tertiary/aromatic N) is 2. The Kier molecular flexibility index (Phi) is 4.59. The van der Waals surface area contributed by atoms with Crippen LogP contribution in [-0.4, -0.2) is 36.5 Å². The second kappa shape index (κ2) is 6.04. The lowest BCUT2D eigenvalue weighted by Crippen LogP contribution is -2.30. The zero-order valence-electron chi connectivity index (χ0n) is 11.5. The van der Waals surface area contributed by atoms with Crippen LogP contribution in [-0.2, 0) is 23.0 Å². The van der Waals surface area contributed by atoms with Crippen molar-refractivity contribution in [2.24, 2.45) is 5.73 Å². The number of nitrogens with two attached hydrogens (primary N) is 1. The fourth-order valence-corrected chi connectivity index (χ4v) is 3.91. The Balaban J connectivity index is 2.16. The van der Waals surface area contributed by atoms with Gasteiger partial charge in [0.15, 0.2) is 5.03 Å². The normalized spacial score (nSPS) is 12.2. The maximum atomic E-state index is 12.5. The largest absolute Gasteiger partial charge is 0.326 e. The highest BCUT2D eigenvalue weighted by atomic mass is 32.2. The molecule has 0 saturated carbocycles. The highest BCUT2D eigenvalue weighted by Crippen LogP contribution is 2.19. The summed E-state index contributed by atoms with van der Waals surface area (Å²) < 4.78 is 26.3. The number of H-pyrrole nitrogens is 1. The summed E-state index contributed by atoms with van der Waals surface area (Å²) in [6.07, 6.45) is 0.689. The molecule has 2 aromatic heterocycles. The summed E-state index contributed by atoms with van der Waals surface area (Å²) in [6.45, 7) is 2.33. The van der Waals surface area contributed by atoms with E-state index in [1.165, 1.54) is 4.31 Å². The summed E-state index contributed by atoms with van der Waals surface area (Å²) in [5, 5.41) is 8.59. The van der Waals surface area contributed by atoms with Gasteiger partial charge < -0.3 is 5.73 Å². The van der Waals surface area contributed by atoms with Gasteiger partial charge in [0, 0.05) is 36.3 Å². The predicted octanol–water partition coefficient (Wildman–Crippen LogP) is 1.10. The number of likely N-dealkylation sites (N-methyl/N-ethyl adjacent to an activating group) is 1. The summed E-state index contributed by atoms with van der Waals surface area (Å²) >= 11 is 1.62. The number of rotatable bonds is 6. The second-order valence-corrected chi connectivity index (χ2v) is 7.48. The maximum absolute atomic E-state index is 12.5. The van der Waals surface area contributed by atoms with Crippen molar-refractivity contribution in [2.75, 3.05) is 13.6 Å². The van der Waals surface area contributed by atoms with Crippen LogP contribution in [0.25, 0.3) is 0 Å². The van der Waals surface area contributed by atoms with Crippen LogP contribution >= 0.6 is 11.3 Å². The van der Waals surface area contributed by atoms with Crippen LogP contribution in [0.15, 0.2) is 22.5 Å². The van der Waals surface area contributed by atoms with Gasteiger partial charge in [-0.3, -0.25) is 5.10 Å². The van der Waals surface area contributed by atoms with Gasteiger partial charge >= 0.3 is 0 Å². The van der Waals surface area contributed by atoms with Gasteiger partial charge in [0.05, 0.1) is 0 Å². The highest BCUT2D eigenvalue weighted by molar-refractivity contribution is 7.89. The van der Waals surface area contributed by atoms with E-state index in [1.54, 1.807) is 25.3 Å². The molecule has 0 radical (unpaired) electrons. The summed E-state index contributed by atoms with van der Waals surface area (Å²) in [5.74, 6) is 0. The topological polar surface area (TPSA) is 92.1 Å². The molecule has 3 N–H and O–H groups in total. The van der Waals surface area contributed by atoms with Crippen molar-refractivity contribution in [1.82, 2.24) is 14.5 Å². The van der Waals surface area contributed by atoms with Crippen LogP contribution in [0.2, 0.25) is 0 Å². The van der Waals surface area contributed by atoms with Crippen molar-refractivity contribution in [3.05, 3.63) is 33.6 Å². The Hall–Kier alpha value is -1.22. The van der Waals surface area contributed by atoms with E-state index >= 15 is 0 Å². The van der Waals surface area contributed by atoms with Crippen LogP contribution in [0.1, 0.15) is 16.1 Å². The first-order valence-corrected chi connectivity index (χ1v) is 8.51. The number of thiophene rings is 1. The SMILES string of the molecule is Cc1[nH]nc(S(=O)(=O)N(C)CCc2cccs2)c1CN.